The van der Waals surface area contributed by atoms with Crippen molar-refractivity contribution in [2.75, 3.05) is 26.2 Å². The molecular formula is C26H30N2O3. The summed E-state index contributed by atoms with van der Waals surface area (Å²) >= 11 is 0. The van der Waals surface area contributed by atoms with Crippen LogP contribution in [0.4, 0.5) is 0 Å². The molecule has 0 aromatic heterocycles. The van der Waals surface area contributed by atoms with Gasteiger partial charge in [-0.05, 0) is 55.7 Å². The molecule has 0 spiro atoms. The number of benzene rings is 2. The zero-order valence-corrected chi connectivity index (χ0v) is 18.3. The predicted molar refractivity (Wildman–Crippen MR) is 121 cm³/mol. The van der Waals surface area contributed by atoms with E-state index in [-0.39, 0.29) is 24.3 Å². The van der Waals surface area contributed by atoms with Gasteiger partial charge in [0.05, 0.1) is 5.57 Å². The van der Waals surface area contributed by atoms with Crippen molar-refractivity contribution in [2.24, 2.45) is 5.92 Å². The number of rotatable bonds is 6. The fourth-order valence-corrected chi connectivity index (χ4v) is 4.70. The number of piperidine rings is 1. The maximum Gasteiger partial charge on any atom is 0.277 e. The van der Waals surface area contributed by atoms with Gasteiger partial charge in [0.25, 0.3) is 11.8 Å². The van der Waals surface area contributed by atoms with Crippen molar-refractivity contribution in [3.8, 4) is 0 Å². The van der Waals surface area contributed by atoms with E-state index < -0.39 is 0 Å². The molecule has 2 amide bonds. The van der Waals surface area contributed by atoms with Crippen molar-refractivity contribution >= 4 is 17.4 Å². The van der Waals surface area contributed by atoms with Crippen LogP contribution < -0.4 is 0 Å². The molecular weight excluding hydrogens is 388 g/mol. The van der Waals surface area contributed by atoms with Crippen molar-refractivity contribution in [3.63, 3.8) is 0 Å². The largest absolute Gasteiger partial charge is 0.396 e. The van der Waals surface area contributed by atoms with E-state index in [1.807, 2.05) is 61.2 Å². The monoisotopic (exact) mass is 418 g/mol. The van der Waals surface area contributed by atoms with Gasteiger partial charge in [0.1, 0.15) is 5.70 Å². The molecule has 1 unspecified atom stereocenters. The Hall–Kier alpha value is -2.92. The van der Waals surface area contributed by atoms with Crippen LogP contribution in [0, 0.1) is 19.8 Å². The highest BCUT2D eigenvalue weighted by molar-refractivity contribution is 6.35. The van der Waals surface area contributed by atoms with Gasteiger partial charge < -0.3 is 10.0 Å². The standard InChI is InChI=1S/C26H30N2O3/c1-18-10-11-22(19(2)15-18)23-24(27-13-6-9-21(16-27)17-29)26(31)28(25(23)30)14-12-20-7-4-3-5-8-20/h3-5,7-8,10-11,15,21,29H,6,9,12-14,16-17H2,1-2H3. The van der Waals surface area contributed by atoms with Crippen molar-refractivity contribution < 1.29 is 14.7 Å². The molecule has 31 heavy (non-hydrogen) atoms. The smallest absolute Gasteiger partial charge is 0.277 e. The van der Waals surface area contributed by atoms with Gasteiger partial charge in [-0.25, -0.2) is 0 Å². The Balaban J connectivity index is 1.70. The molecule has 2 aliphatic rings. The van der Waals surface area contributed by atoms with Gasteiger partial charge in [-0.1, -0.05) is 54.1 Å². The highest BCUT2D eigenvalue weighted by Crippen LogP contribution is 2.35. The molecule has 5 heteroatoms. The summed E-state index contributed by atoms with van der Waals surface area (Å²) in [4.78, 5) is 30.5. The molecule has 2 aromatic carbocycles. The van der Waals surface area contributed by atoms with Crippen LogP contribution in [0.3, 0.4) is 0 Å². The first-order valence-electron chi connectivity index (χ1n) is 11.1. The molecule has 0 bridgehead atoms. The number of imide groups is 1. The SMILES string of the molecule is Cc1ccc(C2=C(N3CCCC(CO)C3)C(=O)N(CCc3ccccc3)C2=O)c(C)c1. The van der Waals surface area contributed by atoms with E-state index in [9.17, 15) is 14.7 Å². The minimum atomic E-state index is -0.214. The number of nitrogens with zero attached hydrogens (tertiary/aromatic N) is 2. The van der Waals surface area contributed by atoms with Crippen LogP contribution in [0.1, 0.15) is 35.1 Å². The molecule has 1 fully saturated rings. The molecule has 0 aliphatic carbocycles. The van der Waals surface area contributed by atoms with E-state index in [4.69, 9.17) is 0 Å². The molecule has 0 radical (unpaired) electrons. The number of likely N-dealkylation sites (tertiary alicyclic amines) is 1. The number of carbonyl (C=O) groups excluding carboxylic acids is 2. The number of carbonyl (C=O) groups is 2. The Labute approximate surface area is 184 Å². The van der Waals surface area contributed by atoms with Crippen molar-refractivity contribution in [1.29, 1.82) is 0 Å². The van der Waals surface area contributed by atoms with Gasteiger partial charge in [-0.2, -0.15) is 0 Å². The normalized spacial score (nSPS) is 19.5. The van der Waals surface area contributed by atoms with Gasteiger partial charge in [0, 0.05) is 26.2 Å². The number of amides is 2. The van der Waals surface area contributed by atoms with E-state index in [0.29, 0.717) is 30.8 Å². The lowest BCUT2D eigenvalue weighted by Crippen LogP contribution is -2.41. The first kappa shape index (κ1) is 21.3. The van der Waals surface area contributed by atoms with Gasteiger partial charge >= 0.3 is 0 Å². The summed E-state index contributed by atoms with van der Waals surface area (Å²) in [5.41, 5.74) is 5.06. The van der Waals surface area contributed by atoms with E-state index in [1.165, 1.54) is 4.90 Å². The van der Waals surface area contributed by atoms with Crippen LogP contribution in [0.2, 0.25) is 0 Å². The van der Waals surface area contributed by atoms with E-state index in [2.05, 4.69) is 6.07 Å². The third-order valence-corrected chi connectivity index (χ3v) is 6.36. The van der Waals surface area contributed by atoms with Crippen LogP contribution >= 0.6 is 0 Å². The molecule has 5 nitrogen and oxygen atoms in total. The maximum absolute atomic E-state index is 13.6. The lowest BCUT2D eigenvalue weighted by Gasteiger charge is -2.34. The highest BCUT2D eigenvalue weighted by Gasteiger charge is 2.42. The third kappa shape index (κ3) is 4.28. The van der Waals surface area contributed by atoms with Crippen molar-refractivity contribution in [2.45, 2.75) is 33.1 Å². The van der Waals surface area contributed by atoms with Gasteiger partial charge in [0.15, 0.2) is 0 Å². The number of aryl methyl sites for hydroxylation is 2. The lowest BCUT2D eigenvalue weighted by molar-refractivity contribution is -0.137. The number of hydrogen-bond donors (Lipinski definition) is 1. The Morgan fingerprint density at radius 1 is 1.03 bits per heavy atom. The molecule has 1 N–H and O–H groups in total. The molecule has 4 rings (SSSR count). The molecule has 1 saturated heterocycles. The lowest BCUT2D eigenvalue weighted by atomic mass is 9.95. The zero-order valence-electron chi connectivity index (χ0n) is 18.3. The topological polar surface area (TPSA) is 60.9 Å². The van der Waals surface area contributed by atoms with E-state index >= 15 is 0 Å². The van der Waals surface area contributed by atoms with Crippen LogP contribution in [-0.4, -0.2) is 53.0 Å². The summed E-state index contributed by atoms with van der Waals surface area (Å²) in [6.45, 7) is 5.80. The second-order valence-electron chi connectivity index (χ2n) is 8.68. The number of hydrogen-bond acceptors (Lipinski definition) is 4. The second kappa shape index (κ2) is 9.06. The molecule has 2 heterocycles. The summed E-state index contributed by atoms with van der Waals surface area (Å²) in [5.74, 6) is -0.300. The van der Waals surface area contributed by atoms with Crippen molar-refractivity contribution in [1.82, 2.24) is 9.80 Å². The second-order valence-corrected chi connectivity index (χ2v) is 8.68. The molecule has 2 aliphatic heterocycles. The van der Waals surface area contributed by atoms with Crippen LogP contribution in [0.25, 0.3) is 5.57 Å². The molecule has 2 aromatic rings. The number of aliphatic hydroxyl groups is 1. The average Bonchev–Trinajstić information content (AvgIpc) is 3.02. The van der Waals surface area contributed by atoms with Gasteiger partial charge in [0.2, 0.25) is 0 Å². The average molecular weight is 419 g/mol. The maximum atomic E-state index is 13.6. The summed E-state index contributed by atoms with van der Waals surface area (Å²) in [5, 5.41) is 9.68. The summed E-state index contributed by atoms with van der Waals surface area (Å²) in [7, 11) is 0. The molecule has 162 valence electrons. The zero-order chi connectivity index (χ0) is 22.0. The fraction of sp³-hybridized carbons (Fsp3) is 0.385. The third-order valence-electron chi connectivity index (χ3n) is 6.36. The van der Waals surface area contributed by atoms with Crippen molar-refractivity contribution in [3.05, 3.63) is 76.5 Å². The Kier molecular flexibility index (Phi) is 6.23. The molecule has 0 saturated carbocycles. The number of aliphatic hydroxyl groups excluding tert-OH is 1. The Morgan fingerprint density at radius 2 is 1.81 bits per heavy atom. The molecule has 1 atom stereocenters. The summed E-state index contributed by atoms with van der Waals surface area (Å²) in [6.07, 6.45) is 2.48. The van der Waals surface area contributed by atoms with Crippen LogP contribution in [-0.2, 0) is 16.0 Å². The first-order chi connectivity index (χ1) is 15.0. The summed E-state index contributed by atoms with van der Waals surface area (Å²) < 4.78 is 0. The predicted octanol–water partition coefficient (Wildman–Crippen LogP) is 3.33. The Bertz CT molecular complexity index is 1010. The van der Waals surface area contributed by atoms with Gasteiger partial charge in [-0.15, -0.1) is 0 Å². The first-order valence-corrected chi connectivity index (χ1v) is 11.1. The Morgan fingerprint density at radius 3 is 2.52 bits per heavy atom. The fourth-order valence-electron chi connectivity index (χ4n) is 4.70. The minimum Gasteiger partial charge on any atom is -0.396 e. The van der Waals surface area contributed by atoms with Crippen LogP contribution in [0.5, 0.6) is 0 Å². The minimum absolute atomic E-state index is 0.0997. The van der Waals surface area contributed by atoms with Crippen LogP contribution in [0.15, 0.2) is 54.2 Å². The highest BCUT2D eigenvalue weighted by atomic mass is 16.3. The summed E-state index contributed by atoms with van der Waals surface area (Å²) in [6, 6.07) is 15.9. The van der Waals surface area contributed by atoms with E-state index in [1.54, 1.807) is 0 Å². The quantitative estimate of drug-likeness (QED) is 0.731. The van der Waals surface area contributed by atoms with Gasteiger partial charge in [-0.3, -0.25) is 14.5 Å². The van der Waals surface area contributed by atoms with E-state index in [0.717, 1.165) is 41.6 Å².